The Morgan fingerprint density at radius 1 is 1.07 bits per heavy atom. The first kappa shape index (κ1) is 19.7. The molecule has 0 aliphatic carbocycles. The van der Waals surface area contributed by atoms with Gasteiger partial charge in [0.2, 0.25) is 0 Å². The number of rotatable bonds is 6. The number of anilines is 1. The largest absolute Gasteiger partial charge is 0.457 e. The Morgan fingerprint density at radius 2 is 1.76 bits per heavy atom. The second kappa shape index (κ2) is 8.30. The van der Waals surface area contributed by atoms with Crippen molar-refractivity contribution in [3.63, 3.8) is 0 Å². The normalized spacial score (nSPS) is 11.2. The molecule has 0 saturated carbocycles. The molecule has 3 aromatic rings. The predicted octanol–water partition coefficient (Wildman–Crippen LogP) is 4.61. The maximum Gasteiger partial charge on any atom is 0.269 e. The maximum absolute atomic E-state index is 13.9. The zero-order chi connectivity index (χ0) is 21.0. The van der Waals surface area contributed by atoms with Crippen LogP contribution in [0.1, 0.15) is 12.7 Å². The van der Waals surface area contributed by atoms with E-state index in [0.29, 0.717) is 5.69 Å². The van der Waals surface area contributed by atoms with Crippen molar-refractivity contribution in [1.29, 1.82) is 0 Å². The summed E-state index contributed by atoms with van der Waals surface area (Å²) in [6.07, 6.45) is 1.26. The summed E-state index contributed by atoms with van der Waals surface area (Å²) in [6.45, 7) is 1.22. The van der Waals surface area contributed by atoms with E-state index in [0.717, 1.165) is 0 Å². The van der Waals surface area contributed by atoms with Gasteiger partial charge >= 0.3 is 0 Å². The molecule has 0 aliphatic rings. The molecule has 0 spiro atoms. The number of Topliss-reactive ketones (excluding diaryl/α,β-unsaturated/α-hetero) is 1. The van der Waals surface area contributed by atoms with E-state index in [1.54, 1.807) is 18.2 Å². The SMILES string of the molecule is CC(=O)/C(=C\c1ccc(-c2ccccc2F)o1)C(=O)Nc1ccc([N+](=O)[O-])cc1. The van der Waals surface area contributed by atoms with Crippen LogP contribution in [0.5, 0.6) is 0 Å². The van der Waals surface area contributed by atoms with Gasteiger partial charge in [-0.05, 0) is 49.4 Å². The Morgan fingerprint density at radius 3 is 2.38 bits per heavy atom. The fraction of sp³-hybridized carbons (Fsp3) is 0.0476. The highest BCUT2D eigenvalue weighted by Gasteiger charge is 2.17. The molecule has 0 unspecified atom stereocenters. The van der Waals surface area contributed by atoms with Crippen molar-refractivity contribution in [1.82, 2.24) is 0 Å². The monoisotopic (exact) mass is 394 g/mol. The van der Waals surface area contributed by atoms with Gasteiger partial charge in [0, 0.05) is 17.8 Å². The Kier molecular flexibility index (Phi) is 5.64. The van der Waals surface area contributed by atoms with Crippen molar-refractivity contribution >= 4 is 29.1 Å². The number of nitrogens with zero attached hydrogens (tertiary/aromatic N) is 1. The van der Waals surface area contributed by atoms with Gasteiger partial charge in [-0.3, -0.25) is 19.7 Å². The highest BCUT2D eigenvalue weighted by atomic mass is 19.1. The molecule has 3 rings (SSSR count). The van der Waals surface area contributed by atoms with E-state index in [2.05, 4.69) is 5.32 Å². The van der Waals surface area contributed by atoms with Gasteiger partial charge in [-0.2, -0.15) is 0 Å². The van der Waals surface area contributed by atoms with Crippen LogP contribution in [0.4, 0.5) is 15.8 Å². The number of halogens is 1. The van der Waals surface area contributed by atoms with Crippen molar-refractivity contribution < 1.29 is 23.3 Å². The minimum atomic E-state index is -0.699. The van der Waals surface area contributed by atoms with Crippen LogP contribution in [-0.4, -0.2) is 16.6 Å². The molecule has 0 radical (unpaired) electrons. The first-order valence-electron chi connectivity index (χ1n) is 8.48. The lowest BCUT2D eigenvalue weighted by Gasteiger charge is -2.06. The van der Waals surface area contributed by atoms with Crippen molar-refractivity contribution in [3.05, 3.63) is 87.9 Å². The molecule has 1 heterocycles. The zero-order valence-corrected chi connectivity index (χ0v) is 15.2. The molecule has 146 valence electrons. The molecule has 8 heteroatoms. The smallest absolute Gasteiger partial charge is 0.269 e. The maximum atomic E-state index is 13.9. The van der Waals surface area contributed by atoms with Gasteiger partial charge in [0.05, 0.1) is 16.1 Å². The second-order valence-electron chi connectivity index (χ2n) is 6.05. The minimum absolute atomic E-state index is 0.124. The molecule has 29 heavy (non-hydrogen) atoms. The van der Waals surface area contributed by atoms with Gasteiger partial charge < -0.3 is 9.73 Å². The standard InChI is InChI=1S/C21H15FN2O5/c1-13(25)18(21(26)23-14-6-8-15(9-7-14)24(27)28)12-16-10-11-20(29-16)17-4-2-3-5-19(17)22/h2-12H,1H3,(H,23,26)/b18-12+. The van der Waals surface area contributed by atoms with Crippen LogP contribution < -0.4 is 5.32 Å². The Bertz CT molecular complexity index is 1120. The topological polar surface area (TPSA) is 102 Å². The summed E-state index contributed by atoms with van der Waals surface area (Å²) in [5, 5.41) is 13.2. The number of non-ortho nitro benzene ring substituents is 1. The Labute approximate surface area is 164 Å². The second-order valence-corrected chi connectivity index (χ2v) is 6.05. The number of nitrogens with one attached hydrogen (secondary N) is 1. The summed E-state index contributed by atoms with van der Waals surface area (Å²) in [6, 6.07) is 14.3. The molecule has 0 aliphatic heterocycles. The van der Waals surface area contributed by atoms with Crippen LogP contribution in [0.3, 0.4) is 0 Å². The first-order chi connectivity index (χ1) is 13.8. The van der Waals surface area contributed by atoms with E-state index >= 15 is 0 Å². The lowest BCUT2D eigenvalue weighted by molar-refractivity contribution is -0.384. The number of nitro benzene ring substituents is 1. The lowest BCUT2D eigenvalue weighted by atomic mass is 10.1. The van der Waals surface area contributed by atoms with Crippen molar-refractivity contribution in [2.24, 2.45) is 0 Å². The Balaban J connectivity index is 1.83. The van der Waals surface area contributed by atoms with E-state index < -0.39 is 22.4 Å². The molecule has 1 aromatic heterocycles. The molecule has 1 N–H and O–H groups in total. The third-order valence-electron chi connectivity index (χ3n) is 4.01. The van der Waals surface area contributed by atoms with E-state index in [1.165, 1.54) is 55.5 Å². The average Bonchev–Trinajstić information content (AvgIpc) is 3.15. The summed E-state index contributed by atoms with van der Waals surface area (Å²) < 4.78 is 19.4. The molecule has 0 bridgehead atoms. The minimum Gasteiger partial charge on any atom is -0.457 e. The van der Waals surface area contributed by atoms with E-state index in [-0.39, 0.29) is 28.3 Å². The third kappa shape index (κ3) is 4.62. The van der Waals surface area contributed by atoms with Gasteiger partial charge in [-0.25, -0.2) is 4.39 Å². The van der Waals surface area contributed by atoms with Gasteiger partial charge in [-0.15, -0.1) is 0 Å². The summed E-state index contributed by atoms with van der Waals surface area (Å²) in [5.41, 5.74) is 0.241. The van der Waals surface area contributed by atoms with Gasteiger partial charge in [-0.1, -0.05) is 12.1 Å². The summed E-state index contributed by atoms with van der Waals surface area (Å²) >= 11 is 0. The summed E-state index contributed by atoms with van der Waals surface area (Å²) in [4.78, 5) is 34.5. The molecular weight excluding hydrogens is 379 g/mol. The van der Waals surface area contributed by atoms with Crippen molar-refractivity contribution in [2.45, 2.75) is 6.92 Å². The number of furan rings is 1. The molecular formula is C21H15FN2O5. The average molecular weight is 394 g/mol. The number of amides is 1. The van der Waals surface area contributed by atoms with Crippen LogP contribution in [0.25, 0.3) is 17.4 Å². The molecule has 0 atom stereocenters. The number of ketones is 1. The number of benzene rings is 2. The highest BCUT2D eigenvalue weighted by molar-refractivity contribution is 6.25. The van der Waals surface area contributed by atoms with Crippen LogP contribution in [0.15, 0.2) is 70.7 Å². The zero-order valence-electron chi connectivity index (χ0n) is 15.2. The summed E-state index contributed by atoms with van der Waals surface area (Å²) in [5.74, 6) is -1.20. The quantitative estimate of drug-likeness (QED) is 0.216. The van der Waals surface area contributed by atoms with Gasteiger partial charge in [0.15, 0.2) is 5.78 Å². The van der Waals surface area contributed by atoms with Crippen molar-refractivity contribution in [3.8, 4) is 11.3 Å². The van der Waals surface area contributed by atoms with Crippen LogP contribution in [0.2, 0.25) is 0 Å². The summed E-state index contributed by atoms with van der Waals surface area (Å²) in [7, 11) is 0. The van der Waals surface area contributed by atoms with Crippen molar-refractivity contribution in [2.75, 3.05) is 5.32 Å². The van der Waals surface area contributed by atoms with E-state index in [1.807, 2.05) is 0 Å². The highest BCUT2D eigenvalue weighted by Crippen LogP contribution is 2.26. The fourth-order valence-corrected chi connectivity index (χ4v) is 2.57. The predicted molar refractivity (Wildman–Crippen MR) is 104 cm³/mol. The van der Waals surface area contributed by atoms with Crippen LogP contribution >= 0.6 is 0 Å². The van der Waals surface area contributed by atoms with E-state index in [9.17, 15) is 24.1 Å². The number of carbonyl (C=O) groups excluding carboxylic acids is 2. The number of hydrogen-bond acceptors (Lipinski definition) is 5. The number of carbonyl (C=O) groups is 2. The van der Waals surface area contributed by atoms with E-state index in [4.69, 9.17) is 4.42 Å². The van der Waals surface area contributed by atoms with Gasteiger partial charge in [0.25, 0.3) is 11.6 Å². The fourth-order valence-electron chi connectivity index (χ4n) is 2.57. The first-order valence-corrected chi connectivity index (χ1v) is 8.48. The Hall–Kier alpha value is -4.07. The number of nitro groups is 1. The molecule has 0 saturated heterocycles. The lowest BCUT2D eigenvalue weighted by Crippen LogP contribution is -2.18. The molecule has 2 aromatic carbocycles. The van der Waals surface area contributed by atoms with Crippen LogP contribution in [0, 0.1) is 15.9 Å². The molecule has 7 nitrogen and oxygen atoms in total. The van der Waals surface area contributed by atoms with Crippen LogP contribution in [-0.2, 0) is 9.59 Å². The third-order valence-corrected chi connectivity index (χ3v) is 4.01. The van der Waals surface area contributed by atoms with Gasteiger partial charge in [0.1, 0.15) is 17.3 Å². The molecule has 1 amide bonds. The number of hydrogen-bond donors (Lipinski definition) is 1. The molecule has 0 fully saturated rings.